The standard InChI is InChI=1S/C11H10ClNO2.C10H8ClNO/c1-14-8-5-3-4-7-6-9(15-2)11(12)13-10(7)8;1-13-8-4-2-3-7-5-6-9(11)12-10(7)8/h3-6H,1-2H3;2-6H,1H3. The first-order valence-corrected chi connectivity index (χ1v) is 9.09. The minimum atomic E-state index is 0.342. The van der Waals surface area contributed by atoms with Crippen molar-refractivity contribution in [3.8, 4) is 17.2 Å². The minimum Gasteiger partial charge on any atom is -0.494 e. The molecule has 4 aromatic rings. The predicted octanol–water partition coefficient (Wildman–Crippen LogP) is 5.80. The van der Waals surface area contributed by atoms with E-state index in [1.807, 2.05) is 48.5 Å². The molecule has 0 aliphatic carbocycles. The third-order valence-electron chi connectivity index (χ3n) is 4.04. The van der Waals surface area contributed by atoms with Crippen LogP contribution in [0, 0.1) is 0 Å². The van der Waals surface area contributed by atoms with E-state index >= 15 is 0 Å². The van der Waals surface area contributed by atoms with E-state index in [-0.39, 0.29) is 0 Å². The van der Waals surface area contributed by atoms with Crippen molar-refractivity contribution in [3.63, 3.8) is 0 Å². The van der Waals surface area contributed by atoms with Crippen LogP contribution in [0.1, 0.15) is 0 Å². The van der Waals surface area contributed by atoms with Crippen molar-refractivity contribution in [2.24, 2.45) is 0 Å². The molecule has 0 spiro atoms. The largest absolute Gasteiger partial charge is 0.494 e. The molecule has 0 N–H and O–H groups in total. The average Bonchev–Trinajstić information content (AvgIpc) is 2.72. The van der Waals surface area contributed by atoms with Crippen LogP contribution >= 0.6 is 23.2 Å². The van der Waals surface area contributed by atoms with Crippen molar-refractivity contribution in [1.82, 2.24) is 9.97 Å². The van der Waals surface area contributed by atoms with Gasteiger partial charge in [-0.3, -0.25) is 0 Å². The smallest absolute Gasteiger partial charge is 0.171 e. The summed E-state index contributed by atoms with van der Waals surface area (Å²) in [5, 5.41) is 2.80. The van der Waals surface area contributed by atoms with Crippen LogP contribution in [-0.4, -0.2) is 31.3 Å². The molecule has 2 heterocycles. The summed E-state index contributed by atoms with van der Waals surface area (Å²) in [6, 6.07) is 17.0. The summed E-state index contributed by atoms with van der Waals surface area (Å²) in [7, 11) is 4.79. The van der Waals surface area contributed by atoms with Crippen LogP contribution in [0.4, 0.5) is 0 Å². The number of hydrogen-bond donors (Lipinski definition) is 0. The number of aromatic nitrogens is 2. The van der Waals surface area contributed by atoms with Gasteiger partial charge in [-0.15, -0.1) is 0 Å². The van der Waals surface area contributed by atoms with Crippen LogP contribution < -0.4 is 14.2 Å². The molecule has 0 unspecified atom stereocenters. The Kier molecular flexibility index (Phi) is 6.39. The molecule has 7 heteroatoms. The number of para-hydroxylation sites is 2. The summed E-state index contributed by atoms with van der Waals surface area (Å²) < 4.78 is 15.4. The van der Waals surface area contributed by atoms with Gasteiger partial charge in [0.25, 0.3) is 0 Å². The summed E-state index contributed by atoms with van der Waals surface area (Å²) in [5.74, 6) is 2.02. The molecule has 2 aromatic heterocycles. The van der Waals surface area contributed by atoms with E-state index in [4.69, 9.17) is 37.4 Å². The second-order valence-electron chi connectivity index (χ2n) is 5.68. The van der Waals surface area contributed by atoms with Gasteiger partial charge in [0.1, 0.15) is 27.7 Å². The lowest BCUT2D eigenvalue weighted by molar-refractivity contribution is 0.412. The summed E-state index contributed by atoms with van der Waals surface area (Å²) in [4.78, 5) is 8.42. The van der Waals surface area contributed by atoms with Gasteiger partial charge in [-0.05, 0) is 30.3 Å². The second kappa shape index (κ2) is 8.95. The van der Waals surface area contributed by atoms with E-state index < -0.39 is 0 Å². The summed E-state index contributed by atoms with van der Waals surface area (Å²) >= 11 is 11.7. The van der Waals surface area contributed by atoms with Crippen molar-refractivity contribution in [3.05, 3.63) is 64.9 Å². The quantitative estimate of drug-likeness (QED) is 0.394. The Morgan fingerprint density at radius 2 is 1.21 bits per heavy atom. The van der Waals surface area contributed by atoms with Gasteiger partial charge < -0.3 is 14.2 Å². The molecule has 4 rings (SSSR count). The van der Waals surface area contributed by atoms with Crippen molar-refractivity contribution >= 4 is 45.0 Å². The summed E-state index contributed by atoms with van der Waals surface area (Å²) in [6.07, 6.45) is 0. The first-order valence-electron chi connectivity index (χ1n) is 8.34. The van der Waals surface area contributed by atoms with Gasteiger partial charge in [0.15, 0.2) is 10.9 Å². The fraction of sp³-hybridized carbons (Fsp3) is 0.143. The van der Waals surface area contributed by atoms with Gasteiger partial charge in [0, 0.05) is 10.8 Å². The maximum atomic E-state index is 5.94. The fourth-order valence-electron chi connectivity index (χ4n) is 2.70. The Labute approximate surface area is 172 Å². The van der Waals surface area contributed by atoms with E-state index in [1.54, 1.807) is 27.4 Å². The number of rotatable bonds is 3. The molecular formula is C21H18Cl2N2O3. The van der Waals surface area contributed by atoms with Crippen LogP contribution in [0.2, 0.25) is 10.3 Å². The van der Waals surface area contributed by atoms with E-state index in [0.29, 0.717) is 21.8 Å². The molecule has 0 saturated carbocycles. The molecule has 144 valence electrons. The summed E-state index contributed by atoms with van der Waals surface area (Å²) in [5.41, 5.74) is 1.54. The zero-order chi connectivity index (χ0) is 20.1. The molecule has 28 heavy (non-hydrogen) atoms. The Morgan fingerprint density at radius 1 is 0.643 bits per heavy atom. The van der Waals surface area contributed by atoms with Crippen molar-refractivity contribution in [1.29, 1.82) is 0 Å². The number of pyridine rings is 2. The molecule has 0 saturated heterocycles. The SMILES string of the molecule is COc1cc2cccc(OC)c2nc1Cl.COc1cccc2ccc(Cl)nc12. The molecule has 0 fully saturated rings. The Hall–Kier alpha value is -2.76. The molecule has 2 aromatic carbocycles. The van der Waals surface area contributed by atoms with Gasteiger partial charge in [0.05, 0.1) is 21.3 Å². The average molecular weight is 417 g/mol. The highest BCUT2D eigenvalue weighted by atomic mass is 35.5. The number of ether oxygens (including phenoxy) is 3. The van der Waals surface area contributed by atoms with Crippen LogP contribution in [0.25, 0.3) is 21.8 Å². The Balaban J connectivity index is 0.000000162. The number of methoxy groups -OCH3 is 3. The Morgan fingerprint density at radius 3 is 1.82 bits per heavy atom. The zero-order valence-electron chi connectivity index (χ0n) is 15.6. The normalized spacial score (nSPS) is 10.3. The predicted molar refractivity (Wildman–Crippen MR) is 113 cm³/mol. The van der Waals surface area contributed by atoms with E-state index in [9.17, 15) is 0 Å². The van der Waals surface area contributed by atoms with Crippen molar-refractivity contribution in [2.45, 2.75) is 0 Å². The van der Waals surface area contributed by atoms with Gasteiger partial charge in [-0.2, -0.15) is 0 Å². The summed E-state index contributed by atoms with van der Waals surface area (Å²) in [6.45, 7) is 0. The lowest BCUT2D eigenvalue weighted by Crippen LogP contribution is -1.91. The molecule has 0 atom stereocenters. The fourth-order valence-corrected chi connectivity index (χ4v) is 3.06. The molecule has 0 radical (unpaired) electrons. The molecule has 0 amide bonds. The molecule has 0 bridgehead atoms. The monoisotopic (exact) mass is 416 g/mol. The number of nitrogens with zero attached hydrogens (tertiary/aromatic N) is 2. The van der Waals surface area contributed by atoms with Gasteiger partial charge in [0.2, 0.25) is 0 Å². The zero-order valence-corrected chi connectivity index (χ0v) is 17.1. The molecular weight excluding hydrogens is 399 g/mol. The number of halogens is 2. The van der Waals surface area contributed by atoms with Crippen LogP contribution in [0.3, 0.4) is 0 Å². The van der Waals surface area contributed by atoms with E-state index in [2.05, 4.69) is 9.97 Å². The van der Waals surface area contributed by atoms with E-state index in [1.165, 1.54) is 0 Å². The maximum Gasteiger partial charge on any atom is 0.171 e. The van der Waals surface area contributed by atoms with Gasteiger partial charge in [-0.1, -0.05) is 47.5 Å². The van der Waals surface area contributed by atoms with Crippen LogP contribution in [0.5, 0.6) is 17.2 Å². The van der Waals surface area contributed by atoms with Crippen LogP contribution in [-0.2, 0) is 0 Å². The maximum absolute atomic E-state index is 5.94. The van der Waals surface area contributed by atoms with Crippen LogP contribution in [0.15, 0.2) is 54.6 Å². The Bertz CT molecular complexity index is 1120. The second-order valence-corrected chi connectivity index (χ2v) is 6.42. The highest BCUT2D eigenvalue weighted by molar-refractivity contribution is 6.31. The van der Waals surface area contributed by atoms with Gasteiger partial charge in [-0.25, -0.2) is 9.97 Å². The van der Waals surface area contributed by atoms with E-state index in [0.717, 1.165) is 27.6 Å². The first-order chi connectivity index (χ1) is 13.6. The third kappa shape index (κ3) is 4.21. The third-order valence-corrected chi connectivity index (χ3v) is 4.52. The molecule has 5 nitrogen and oxygen atoms in total. The number of fused-ring (bicyclic) bond motifs is 2. The van der Waals surface area contributed by atoms with Gasteiger partial charge >= 0.3 is 0 Å². The molecule has 0 aliphatic heterocycles. The highest BCUT2D eigenvalue weighted by Gasteiger charge is 2.08. The van der Waals surface area contributed by atoms with Crippen molar-refractivity contribution in [2.75, 3.05) is 21.3 Å². The topological polar surface area (TPSA) is 53.5 Å². The highest BCUT2D eigenvalue weighted by Crippen LogP contribution is 2.31. The number of hydrogen-bond acceptors (Lipinski definition) is 5. The lowest BCUT2D eigenvalue weighted by atomic mass is 10.2. The number of benzene rings is 2. The minimum absolute atomic E-state index is 0.342. The van der Waals surface area contributed by atoms with Crippen molar-refractivity contribution < 1.29 is 14.2 Å². The first kappa shape index (κ1) is 20.0. The molecule has 0 aliphatic rings. The lowest BCUT2D eigenvalue weighted by Gasteiger charge is -2.07.